The molecular formula is C20H15F4N7O2. The van der Waals surface area contributed by atoms with E-state index in [2.05, 4.69) is 26.1 Å². The molecule has 33 heavy (non-hydrogen) atoms. The summed E-state index contributed by atoms with van der Waals surface area (Å²) in [6, 6.07) is 10.5. The summed E-state index contributed by atoms with van der Waals surface area (Å²) in [5.74, 6) is -1.99. The monoisotopic (exact) mass is 461 g/mol. The highest BCUT2D eigenvalue weighted by molar-refractivity contribution is 5.94. The molecule has 2 heterocycles. The van der Waals surface area contributed by atoms with Crippen LogP contribution in [0.2, 0.25) is 0 Å². The lowest BCUT2D eigenvalue weighted by Crippen LogP contribution is -2.35. The molecule has 0 aliphatic rings. The van der Waals surface area contributed by atoms with Crippen LogP contribution in [0.1, 0.15) is 23.1 Å². The van der Waals surface area contributed by atoms with E-state index in [0.29, 0.717) is 15.6 Å². The molecule has 13 heteroatoms. The maximum absolute atomic E-state index is 13.7. The van der Waals surface area contributed by atoms with E-state index in [1.54, 1.807) is 31.2 Å². The Hall–Kier alpha value is -4.29. The first-order valence-corrected chi connectivity index (χ1v) is 9.55. The average molecular weight is 461 g/mol. The van der Waals surface area contributed by atoms with E-state index in [9.17, 15) is 27.2 Å². The minimum absolute atomic E-state index is 0.0750. The number of amides is 1. The van der Waals surface area contributed by atoms with Crippen LogP contribution in [0.4, 0.5) is 23.5 Å². The molecular weight excluding hydrogens is 446 g/mol. The highest BCUT2D eigenvalue weighted by atomic mass is 19.4. The van der Waals surface area contributed by atoms with Gasteiger partial charge in [0.25, 0.3) is 11.5 Å². The first-order chi connectivity index (χ1) is 15.7. The van der Waals surface area contributed by atoms with Crippen molar-refractivity contribution in [3.63, 3.8) is 0 Å². The number of hydrogen-bond acceptors (Lipinski definition) is 6. The molecule has 1 amide bonds. The first-order valence-electron chi connectivity index (χ1n) is 9.55. The number of aromatic nitrogens is 5. The van der Waals surface area contributed by atoms with E-state index < -0.39 is 34.8 Å². The number of anilines is 1. The van der Waals surface area contributed by atoms with Crippen molar-refractivity contribution in [3.05, 3.63) is 76.1 Å². The Morgan fingerprint density at radius 3 is 2.45 bits per heavy atom. The summed E-state index contributed by atoms with van der Waals surface area (Å²) in [5.41, 5.74) is 1.80. The van der Waals surface area contributed by atoms with Crippen LogP contribution in [0.25, 0.3) is 16.6 Å². The number of alkyl halides is 3. The molecule has 0 atom stereocenters. The van der Waals surface area contributed by atoms with E-state index in [4.69, 9.17) is 0 Å². The van der Waals surface area contributed by atoms with Gasteiger partial charge in [-0.05, 0) is 43.3 Å². The largest absolute Gasteiger partial charge is 0.435 e. The third-order valence-corrected chi connectivity index (χ3v) is 4.69. The number of hydrogen-bond donors (Lipinski definition) is 2. The molecule has 0 aliphatic heterocycles. The fourth-order valence-corrected chi connectivity index (χ4v) is 3.18. The molecule has 2 N–H and O–H groups in total. The third kappa shape index (κ3) is 4.12. The lowest BCUT2D eigenvalue weighted by atomic mass is 10.2. The highest BCUT2D eigenvalue weighted by Crippen LogP contribution is 2.32. The Kier molecular flexibility index (Phi) is 5.54. The summed E-state index contributed by atoms with van der Waals surface area (Å²) in [5, 5.41) is 7.12. The Bertz CT molecular complexity index is 1390. The van der Waals surface area contributed by atoms with Crippen molar-refractivity contribution in [1.82, 2.24) is 30.0 Å². The molecule has 0 saturated carbocycles. The molecule has 0 saturated heterocycles. The lowest BCUT2D eigenvalue weighted by molar-refractivity contribution is -0.143. The van der Waals surface area contributed by atoms with E-state index in [-0.39, 0.29) is 18.2 Å². The number of fused-ring (bicyclic) bond motifs is 1. The molecule has 170 valence electrons. The van der Waals surface area contributed by atoms with E-state index in [1.165, 1.54) is 4.57 Å². The van der Waals surface area contributed by atoms with Gasteiger partial charge in [0.15, 0.2) is 11.4 Å². The van der Waals surface area contributed by atoms with E-state index in [1.807, 2.05) is 0 Å². The molecule has 4 rings (SSSR count). The van der Waals surface area contributed by atoms with Crippen LogP contribution in [0.3, 0.4) is 0 Å². The predicted molar refractivity (Wildman–Crippen MR) is 109 cm³/mol. The maximum Gasteiger partial charge on any atom is 0.435 e. The number of nitrogens with zero attached hydrogens (tertiary/aromatic N) is 5. The highest BCUT2D eigenvalue weighted by Gasteiger charge is 2.42. The fourth-order valence-electron chi connectivity index (χ4n) is 3.18. The van der Waals surface area contributed by atoms with Crippen LogP contribution in [0.15, 0.2) is 53.3 Å². The maximum atomic E-state index is 13.7. The van der Waals surface area contributed by atoms with Crippen molar-refractivity contribution in [1.29, 1.82) is 0 Å². The van der Waals surface area contributed by atoms with E-state index >= 15 is 0 Å². The molecule has 9 nitrogen and oxygen atoms in total. The Labute approximate surface area is 182 Å². The molecule has 2 aromatic carbocycles. The topological polar surface area (TPSA) is 107 Å². The number of halogens is 4. The van der Waals surface area contributed by atoms with Crippen LogP contribution in [0.5, 0.6) is 0 Å². The minimum atomic E-state index is -5.00. The van der Waals surface area contributed by atoms with Gasteiger partial charge in [-0.25, -0.2) is 14.1 Å². The van der Waals surface area contributed by atoms with Gasteiger partial charge in [0, 0.05) is 6.54 Å². The van der Waals surface area contributed by atoms with Crippen LogP contribution in [-0.2, 0) is 12.7 Å². The number of carbonyl (C=O) groups excluding carboxylic acids is 1. The van der Waals surface area contributed by atoms with Gasteiger partial charge in [-0.3, -0.25) is 25.0 Å². The predicted octanol–water partition coefficient (Wildman–Crippen LogP) is 2.91. The number of para-hydroxylation sites is 1. The Balaban J connectivity index is 1.67. The summed E-state index contributed by atoms with van der Waals surface area (Å²) in [6.45, 7) is 1.85. The summed E-state index contributed by atoms with van der Waals surface area (Å²) in [7, 11) is 0. The quantitative estimate of drug-likeness (QED) is 0.350. The molecule has 0 radical (unpaired) electrons. The standard InChI is InChI=1S/C20H15F4N7O2/c1-2-30-18(33)13-5-3-4-6-14(13)25-19(30)28-27-17(32)15-16(20(22,23)24)31(29-26-15)12-9-7-11(21)8-10-12/h3-10H,2H2,1H3,(H,25,28)(H,27,32). The number of carbonyl (C=O) groups is 1. The minimum Gasteiger partial charge on any atom is -0.277 e. The van der Waals surface area contributed by atoms with Gasteiger partial charge in [0.05, 0.1) is 16.6 Å². The molecule has 0 spiro atoms. The average Bonchev–Trinajstić information content (AvgIpc) is 3.24. The second kappa shape index (κ2) is 8.33. The molecule has 0 unspecified atom stereocenters. The second-order valence-electron chi connectivity index (χ2n) is 6.75. The Morgan fingerprint density at radius 1 is 1.09 bits per heavy atom. The van der Waals surface area contributed by atoms with Crippen LogP contribution in [-0.4, -0.2) is 30.5 Å². The normalized spacial score (nSPS) is 11.5. The molecule has 0 aliphatic carbocycles. The second-order valence-corrected chi connectivity index (χ2v) is 6.75. The third-order valence-electron chi connectivity index (χ3n) is 4.69. The van der Waals surface area contributed by atoms with Crippen LogP contribution >= 0.6 is 0 Å². The van der Waals surface area contributed by atoms with Gasteiger partial charge in [-0.15, -0.1) is 5.10 Å². The van der Waals surface area contributed by atoms with E-state index in [0.717, 1.165) is 24.3 Å². The molecule has 4 aromatic rings. The zero-order chi connectivity index (χ0) is 23.8. The number of benzene rings is 2. The number of rotatable bonds is 5. The molecule has 0 bridgehead atoms. The van der Waals surface area contributed by atoms with Gasteiger partial charge < -0.3 is 0 Å². The van der Waals surface area contributed by atoms with Crippen molar-refractivity contribution < 1.29 is 22.4 Å². The smallest absolute Gasteiger partial charge is 0.277 e. The van der Waals surface area contributed by atoms with Crippen molar-refractivity contribution in [2.75, 3.05) is 5.43 Å². The van der Waals surface area contributed by atoms with Gasteiger partial charge >= 0.3 is 6.18 Å². The lowest BCUT2D eigenvalue weighted by Gasteiger charge is -2.14. The zero-order valence-corrected chi connectivity index (χ0v) is 16.9. The summed E-state index contributed by atoms with van der Waals surface area (Å²) < 4.78 is 56.0. The summed E-state index contributed by atoms with van der Waals surface area (Å²) in [6.07, 6.45) is -5.00. The Morgan fingerprint density at radius 2 is 1.79 bits per heavy atom. The van der Waals surface area contributed by atoms with Gasteiger partial charge in [0.2, 0.25) is 5.95 Å². The molecule has 2 aromatic heterocycles. The number of nitrogens with one attached hydrogen (secondary N) is 2. The molecule has 0 fully saturated rings. The van der Waals surface area contributed by atoms with Gasteiger partial charge in [-0.2, -0.15) is 13.2 Å². The summed E-state index contributed by atoms with van der Waals surface area (Å²) in [4.78, 5) is 29.4. The summed E-state index contributed by atoms with van der Waals surface area (Å²) >= 11 is 0. The van der Waals surface area contributed by atoms with Gasteiger partial charge in [0.1, 0.15) is 5.82 Å². The fraction of sp³-hybridized carbons (Fsp3) is 0.150. The van der Waals surface area contributed by atoms with Crippen molar-refractivity contribution in [3.8, 4) is 5.69 Å². The van der Waals surface area contributed by atoms with Crippen LogP contribution in [0, 0.1) is 5.82 Å². The van der Waals surface area contributed by atoms with Crippen LogP contribution < -0.4 is 16.4 Å². The van der Waals surface area contributed by atoms with Crippen molar-refractivity contribution in [2.45, 2.75) is 19.6 Å². The first kappa shape index (κ1) is 21.9. The van der Waals surface area contributed by atoms with Gasteiger partial charge in [-0.1, -0.05) is 17.3 Å². The van der Waals surface area contributed by atoms with Crippen molar-refractivity contribution in [2.24, 2.45) is 0 Å². The van der Waals surface area contributed by atoms with Crippen molar-refractivity contribution >= 4 is 22.8 Å². The zero-order valence-electron chi connectivity index (χ0n) is 16.9. The number of hydrazine groups is 1. The SMILES string of the molecule is CCn1c(NNC(=O)c2nnn(-c3ccc(F)cc3)c2C(F)(F)F)nc2ccccc2c1=O.